The number of allylic oxidation sites excluding steroid dienone is 1. The van der Waals surface area contributed by atoms with Gasteiger partial charge in [0.05, 0.1) is 5.52 Å². The lowest BCUT2D eigenvalue weighted by Crippen LogP contribution is -2.09. The molecule has 1 atom stereocenters. The van der Waals surface area contributed by atoms with Crippen LogP contribution in [0.4, 0.5) is 17.1 Å². The average Bonchev–Trinajstić information content (AvgIpc) is 3.84. The molecule has 0 spiro atoms. The van der Waals surface area contributed by atoms with Gasteiger partial charge in [-0.25, -0.2) is 0 Å². The van der Waals surface area contributed by atoms with Crippen molar-refractivity contribution in [3.63, 3.8) is 0 Å². The Morgan fingerprint density at radius 3 is 1.75 bits per heavy atom. The highest BCUT2D eigenvalue weighted by molar-refractivity contribution is 6.10. The normalized spacial score (nSPS) is 13.6. The minimum atomic E-state index is 0.185. The summed E-state index contributed by atoms with van der Waals surface area (Å²) >= 11 is 0. The van der Waals surface area contributed by atoms with E-state index in [2.05, 4.69) is 222 Å². The fourth-order valence-corrected chi connectivity index (χ4v) is 8.89. The van der Waals surface area contributed by atoms with E-state index in [1.54, 1.807) is 0 Å². The van der Waals surface area contributed by atoms with Crippen molar-refractivity contribution < 1.29 is 4.42 Å². The highest BCUT2D eigenvalue weighted by Gasteiger charge is 2.26. The van der Waals surface area contributed by atoms with Crippen LogP contribution < -0.4 is 4.90 Å². The van der Waals surface area contributed by atoms with E-state index < -0.39 is 0 Å². The third-order valence-corrected chi connectivity index (χ3v) is 11.6. The van der Waals surface area contributed by atoms with Gasteiger partial charge in [-0.15, -0.1) is 0 Å². The summed E-state index contributed by atoms with van der Waals surface area (Å²) in [4.78, 5) is 2.31. The SMILES string of the molecule is C1=CC(c2cccc3c2oc2c(-c4ccc(N(c5ccccc5)c5ccc(-c6ccccc6)cc5)cc4)cccc23)Cc2c1n(-c1ccccc1)c1ccccc21. The van der Waals surface area contributed by atoms with Gasteiger partial charge in [-0.1, -0.05) is 152 Å². The highest BCUT2D eigenvalue weighted by atomic mass is 16.3. The van der Waals surface area contributed by atoms with Crippen LogP contribution in [0, 0.1) is 0 Å². The smallest absolute Gasteiger partial charge is 0.143 e. The summed E-state index contributed by atoms with van der Waals surface area (Å²) in [5.74, 6) is 0.185. The molecule has 1 aliphatic carbocycles. The average molecular weight is 731 g/mol. The molecule has 0 fully saturated rings. The maximum absolute atomic E-state index is 6.99. The second kappa shape index (κ2) is 13.7. The molecule has 1 aliphatic rings. The minimum Gasteiger partial charge on any atom is -0.455 e. The van der Waals surface area contributed by atoms with Gasteiger partial charge >= 0.3 is 0 Å². The van der Waals surface area contributed by atoms with Gasteiger partial charge in [-0.05, 0) is 89.3 Å². The summed E-state index contributed by atoms with van der Waals surface area (Å²) in [6, 6.07) is 71.5. The maximum Gasteiger partial charge on any atom is 0.143 e. The zero-order valence-electron chi connectivity index (χ0n) is 31.3. The lowest BCUT2D eigenvalue weighted by molar-refractivity contribution is 0.657. The molecule has 2 aromatic heterocycles. The first kappa shape index (κ1) is 33.0. The van der Waals surface area contributed by atoms with Crippen molar-refractivity contribution in [1.82, 2.24) is 4.57 Å². The van der Waals surface area contributed by atoms with Crippen LogP contribution in [0.15, 0.2) is 211 Å². The fraction of sp³-hybridized carbons (Fsp3) is 0.0370. The van der Waals surface area contributed by atoms with Gasteiger partial charge in [-0.3, -0.25) is 0 Å². The van der Waals surface area contributed by atoms with Crippen LogP contribution in [0.2, 0.25) is 0 Å². The monoisotopic (exact) mass is 730 g/mol. The predicted molar refractivity (Wildman–Crippen MR) is 238 cm³/mol. The standard InChI is InChI=1S/C54H38N2O/c1-4-14-37(15-5-1)38-26-31-43(32-27-38)55(41-16-6-2-7-17-41)44-33-28-39(29-34-44)45-21-12-23-48-49-24-13-22-46(54(49)57-53(45)48)40-30-35-52-50(36-40)47-20-10-11-25-51(47)56(52)42-18-8-3-9-19-42/h1-35,40H,36H2. The van der Waals surface area contributed by atoms with Crippen LogP contribution in [0.3, 0.4) is 0 Å². The van der Waals surface area contributed by atoms with Crippen molar-refractivity contribution in [2.24, 2.45) is 0 Å². The number of para-hydroxylation sites is 5. The van der Waals surface area contributed by atoms with E-state index in [-0.39, 0.29) is 5.92 Å². The predicted octanol–water partition coefficient (Wildman–Crippen LogP) is 14.7. The summed E-state index contributed by atoms with van der Waals surface area (Å²) < 4.78 is 9.39. The van der Waals surface area contributed by atoms with Crippen molar-refractivity contribution in [2.75, 3.05) is 4.90 Å². The number of anilines is 3. The van der Waals surface area contributed by atoms with Crippen molar-refractivity contribution in [3.05, 3.63) is 223 Å². The van der Waals surface area contributed by atoms with Crippen LogP contribution >= 0.6 is 0 Å². The van der Waals surface area contributed by atoms with Crippen LogP contribution in [0.1, 0.15) is 22.7 Å². The number of nitrogens with zero attached hydrogens (tertiary/aromatic N) is 2. The third kappa shape index (κ3) is 5.67. The molecule has 0 bridgehead atoms. The molecule has 8 aromatic carbocycles. The molecular formula is C54H38N2O. The lowest BCUT2D eigenvalue weighted by atomic mass is 9.86. The molecule has 270 valence electrons. The Hall–Kier alpha value is -7.36. The van der Waals surface area contributed by atoms with Gasteiger partial charge in [0.2, 0.25) is 0 Å². The Morgan fingerprint density at radius 1 is 0.456 bits per heavy atom. The number of rotatable bonds is 7. The summed E-state index contributed by atoms with van der Waals surface area (Å²) in [6.45, 7) is 0. The largest absolute Gasteiger partial charge is 0.455 e. The lowest BCUT2D eigenvalue weighted by Gasteiger charge is -2.26. The Labute approximate surface area is 332 Å². The molecule has 10 aromatic rings. The van der Waals surface area contributed by atoms with Crippen molar-refractivity contribution in [3.8, 4) is 27.9 Å². The summed E-state index contributed by atoms with van der Waals surface area (Å²) in [7, 11) is 0. The molecule has 0 saturated heterocycles. The molecule has 0 N–H and O–H groups in total. The molecule has 0 amide bonds. The number of hydrogen-bond donors (Lipinski definition) is 0. The van der Waals surface area contributed by atoms with E-state index >= 15 is 0 Å². The van der Waals surface area contributed by atoms with Gasteiger partial charge < -0.3 is 13.9 Å². The first-order valence-corrected chi connectivity index (χ1v) is 19.7. The minimum absolute atomic E-state index is 0.185. The zero-order valence-corrected chi connectivity index (χ0v) is 31.3. The van der Waals surface area contributed by atoms with E-state index in [9.17, 15) is 0 Å². The molecule has 3 heteroatoms. The Bertz CT molecular complexity index is 3070. The molecule has 57 heavy (non-hydrogen) atoms. The molecule has 0 saturated carbocycles. The Kier molecular flexibility index (Phi) is 7.96. The first-order valence-electron chi connectivity index (χ1n) is 19.7. The second-order valence-corrected chi connectivity index (χ2v) is 14.9. The summed E-state index contributed by atoms with van der Waals surface area (Å²) in [6.07, 6.45) is 5.60. The van der Waals surface area contributed by atoms with Gasteiger partial charge in [-0.2, -0.15) is 0 Å². The molecule has 0 radical (unpaired) electrons. The molecular weight excluding hydrogens is 693 g/mol. The number of hydrogen-bond acceptors (Lipinski definition) is 2. The second-order valence-electron chi connectivity index (χ2n) is 14.9. The maximum atomic E-state index is 6.99. The topological polar surface area (TPSA) is 21.3 Å². The fourth-order valence-electron chi connectivity index (χ4n) is 8.89. The molecule has 3 nitrogen and oxygen atoms in total. The van der Waals surface area contributed by atoms with Gasteiger partial charge in [0.25, 0.3) is 0 Å². The van der Waals surface area contributed by atoms with Crippen molar-refractivity contribution >= 4 is 56.0 Å². The summed E-state index contributed by atoms with van der Waals surface area (Å²) in [5, 5.41) is 3.60. The molecule has 0 aliphatic heterocycles. The number of fused-ring (bicyclic) bond motifs is 6. The third-order valence-electron chi connectivity index (χ3n) is 11.6. The molecule has 2 heterocycles. The molecule has 11 rings (SSSR count). The number of aromatic nitrogens is 1. The van der Waals surface area contributed by atoms with E-state index in [0.717, 1.165) is 56.5 Å². The van der Waals surface area contributed by atoms with E-state index in [0.29, 0.717) is 0 Å². The van der Waals surface area contributed by atoms with Crippen LogP contribution in [0.5, 0.6) is 0 Å². The summed E-state index contributed by atoms with van der Waals surface area (Å²) in [5.41, 5.74) is 16.1. The van der Waals surface area contributed by atoms with Gasteiger partial charge in [0, 0.05) is 61.6 Å². The van der Waals surface area contributed by atoms with Crippen LogP contribution in [0.25, 0.3) is 66.9 Å². The van der Waals surface area contributed by atoms with E-state index in [1.807, 2.05) is 0 Å². The number of furan rings is 1. The van der Waals surface area contributed by atoms with E-state index in [1.165, 1.54) is 44.5 Å². The van der Waals surface area contributed by atoms with Gasteiger partial charge in [0.1, 0.15) is 11.2 Å². The van der Waals surface area contributed by atoms with Crippen LogP contribution in [-0.4, -0.2) is 4.57 Å². The van der Waals surface area contributed by atoms with Crippen LogP contribution in [-0.2, 0) is 6.42 Å². The van der Waals surface area contributed by atoms with E-state index in [4.69, 9.17) is 4.42 Å². The molecule has 1 unspecified atom stereocenters. The number of benzene rings is 8. The first-order chi connectivity index (χ1) is 28.3. The zero-order chi connectivity index (χ0) is 37.7. The highest BCUT2D eigenvalue weighted by Crippen LogP contribution is 2.44. The Morgan fingerprint density at radius 2 is 1.02 bits per heavy atom. The van der Waals surface area contributed by atoms with Crippen molar-refractivity contribution in [2.45, 2.75) is 12.3 Å². The quantitative estimate of drug-likeness (QED) is 0.163. The van der Waals surface area contributed by atoms with Crippen molar-refractivity contribution in [1.29, 1.82) is 0 Å². The Balaban J connectivity index is 0.955. The van der Waals surface area contributed by atoms with Gasteiger partial charge in [0.15, 0.2) is 0 Å².